The third kappa shape index (κ3) is 4.73. The van der Waals surface area contributed by atoms with Crippen molar-refractivity contribution in [3.05, 3.63) is 65.8 Å². The highest BCUT2D eigenvalue weighted by molar-refractivity contribution is 7.91. The molecule has 0 spiro atoms. The minimum atomic E-state index is -3.80. The molecule has 0 saturated carbocycles. The van der Waals surface area contributed by atoms with Crippen LogP contribution in [-0.2, 0) is 9.84 Å². The molecule has 0 aliphatic heterocycles. The van der Waals surface area contributed by atoms with Gasteiger partial charge < -0.3 is 10.1 Å². The molecule has 8 heteroatoms. The van der Waals surface area contributed by atoms with E-state index in [2.05, 4.69) is 10.4 Å². The van der Waals surface area contributed by atoms with Crippen molar-refractivity contribution in [3.8, 4) is 11.6 Å². The summed E-state index contributed by atoms with van der Waals surface area (Å²) in [6.45, 7) is 4.05. The monoisotopic (exact) mass is 419 g/mol. The van der Waals surface area contributed by atoms with Crippen LogP contribution in [0.5, 0.6) is 5.88 Å². The standard InChI is InChI=1S/C20H22ClN3O3S/c1-2-22-13-6-14-27-20-19(15-24(23-20)17-7-4-3-5-8-17)28(25,26)18-11-9-16(21)10-12-18/h3-5,7-12,15,22H,2,6,13-14H2,1H3. The Balaban J connectivity index is 1.95. The lowest BCUT2D eigenvalue weighted by Gasteiger charge is -2.07. The summed E-state index contributed by atoms with van der Waals surface area (Å²) in [7, 11) is -3.80. The Morgan fingerprint density at radius 1 is 1.11 bits per heavy atom. The molecule has 148 valence electrons. The summed E-state index contributed by atoms with van der Waals surface area (Å²) in [6, 6.07) is 15.4. The van der Waals surface area contributed by atoms with Gasteiger partial charge in [-0.3, -0.25) is 0 Å². The number of nitrogens with zero attached hydrogens (tertiary/aromatic N) is 2. The van der Waals surface area contributed by atoms with Crippen LogP contribution in [-0.4, -0.2) is 37.9 Å². The van der Waals surface area contributed by atoms with Crippen LogP contribution in [0.25, 0.3) is 5.69 Å². The van der Waals surface area contributed by atoms with Gasteiger partial charge in [0.1, 0.15) is 0 Å². The van der Waals surface area contributed by atoms with Crippen LogP contribution in [0.3, 0.4) is 0 Å². The minimum Gasteiger partial charge on any atom is -0.476 e. The van der Waals surface area contributed by atoms with Crippen molar-refractivity contribution < 1.29 is 13.2 Å². The van der Waals surface area contributed by atoms with Gasteiger partial charge in [0.05, 0.1) is 23.4 Å². The van der Waals surface area contributed by atoms with Gasteiger partial charge in [-0.25, -0.2) is 13.1 Å². The number of hydrogen-bond acceptors (Lipinski definition) is 5. The SMILES string of the molecule is CCNCCCOc1nn(-c2ccccc2)cc1S(=O)(=O)c1ccc(Cl)cc1. The molecule has 1 heterocycles. The van der Waals surface area contributed by atoms with Crippen LogP contribution in [0.15, 0.2) is 70.6 Å². The van der Waals surface area contributed by atoms with Crippen molar-refractivity contribution in [3.63, 3.8) is 0 Å². The zero-order valence-electron chi connectivity index (χ0n) is 15.5. The minimum absolute atomic E-state index is 0.0297. The first-order valence-electron chi connectivity index (χ1n) is 9.01. The predicted octanol–water partition coefficient (Wildman–Crippen LogP) is 3.74. The van der Waals surface area contributed by atoms with E-state index in [4.69, 9.17) is 16.3 Å². The van der Waals surface area contributed by atoms with Crippen molar-refractivity contribution in [2.45, 2.75) is 23.1 Å². The molecular formula is C20H22ClN3O3S. The lowest BCUT2D eigenvalue weighted by atomic mass is 10.3. The molecule has 0 radical (unpaired) electrons. The molecule has 0 unspecified atom stereocenters. The van der Waals surface area contributed by atoms with E-state index in [1.54, 1.807) is 12.1 Å². The Morgan fingerprint density at radius 2 is 1.82 bits per heavy atom. The zero-order valence-corrected chi connectivity index (χ0v) is 17.1. The fourth-order valence-corrected chi connectivity index (χ4v) is 4.07. The number of aromatic nitrogens is 2. The van der Waals surface area contributed by atoms with Gasteiger partial charge in [-0.15, -0.1) is 5.10 Å². The number of para-hydroxylation sites is 1. The molecule has 3 rings (SSSR count). The van der Waals surface area contributed by atoms with Gasteiger partial charge in [0.25, 0.3) is 5.88 Å². The Bertz CT molecular complexity index is 1000. The van der Waals surface area contributed by atoms with E-state index in [0.717, 1.165) is 25.2 Å². The van der Waals surface area contributed by atoms with Gasteiger partial charge in [0, 0.05) is 5.02 Å². The fraction of sp³-hybridized carbons (Fsp3) is 0.250. The molecule has 0 aliphatic rings. The van der Waals surface area contributed by atoms with Crippen LogP contribution < -0.4 is 10.1 Å². The van der Waals surface area contributed by atoms with Crippen molar-refractivity contribution in [1.82, 2.24) is 15.1 Å². The number of hydrogen-bond donors (Lipinski definition) is 1. The predicted molar refractivity (Wildman–Crippen MR) is 109 cm³/mol. The number of sulfone groups is 1. The first kappa shape index (κ1) is 20.4. The zero-order chi connectivity index (χ0) is 20.0. The largest absolute Gasteiger partial charge is 0.476 e. The second kappa shape index (κ2) is 9.23. The summed E-state index contributed by atoms with van der Waals surface area (Å²) in [4.78, 5) is 0.170. The summed E-state index contributed by atoms with van der Waals surface area (Å²) in [5, 5.41) is 8.05. The molecule has 0 saturated heterocycles. The number of nitrogens with one attached hydrogen (secondary N) is 1. The molecule has 1 aromatic heterocycles. The van der Waals surface area contributed by atoms with Gasteiger partial charge >= 0.3 is 0 Å². The highest BCUT2D eigenvalue weighted by Gasteiger charge is 2.26. The average molecular weight is 420 g/mol. The van der Waals surface area contributed by atoms with Gasteiger partial charge in [0.2, 0.25) is 9.84 Å². The van der Waals surface area contributed by atoms with E-state index in [1.165, 1.54) is 23.0 Å². The topological polar surface area (TPSA) is 73.2 Å². The molecule has 0 atom stereocenters. The summed E-state index contributed by atoms with van der Waals surface area (Å²) < 4.78 is 33.6. The van der Waals surface area contributed by atoms with Crippen molar-refractivity contribution in [2.75, 3.05) is 19.7 Å². The van der Waals surface area contributed by atoms with E-state index in [-0.39, 0.29) is 15.7 Å². The van der Waals surface area contributed by atoms with E-state index < -0.39 is 9.84 Å². The van der Waals surface area contributed by atoms with E-state index in [9.17, 15) is 8.42 Å². The molecule has 0 bridgehead atoms. The van der Waals surface area contributed by atoms with Gasteiger partial charge in [-0.1, -0.05) is 36.7 Å². The highest BCUT2D eigenvalue weighted by Crippen LogP contribution is 2.30. The van der Waals surface area contributed by atoms with Crippen molar-refractivity contribution >= 4 is 21.4 Å². The normalized spacial score (nSPS) is 11.5. The number of halogens is 1. The molecule has 6 nitrogen and oxygen atoms in total. The number of ether oxygens (including phenoxy) is 1. The van der Waals surface area contributed by atoms with Crippen LogP contribution >= 0.6 is 11.6 Å². The quantitative estimate of drug-likeness (QED) is 0.535. The maximum atomic E-state index is 13.2. The van der Waals surface area contributed by atoms with Crippen LogP contribution in [0.1, 0.15) is 13.3 Å². The molecule has 1 N–H and O–H groups in total. The lowest BCUT2D eigenvalue weighted by Crippen LogP contribution is -2.16. The number of benzene rings is 2. The van der Waals surface area contributed by atoms with Crippen molar-refractivity contribution in [2.24, 2.45) is 0 Å². The number of rotatable bonds is 9. The molecule has 3 aromatic rings. The Morgan fingerprint density at radius 3 is 2.50 bits per heavy atom. The van der Waals surface area contributed by atoms with Gasteiger partial charge in [0.15, 0.2) is 4.90 Å². The lowest BCUT2D eigenvalue weighted by molar-refractivity contribution is 0.288. The Labute approximate surface area is 170 Å². The van der Waals surface area contributed by atoms with E-state index in [1.807, 2.05) is 37.3 Å². The van der Waals surface area contributed by atoms with E-state index >= 15 is 0 Å². The van der Waals surface area contributed by atoms with Crippen LogP contribution in [0.4, 0.5) is 0 Å². The van der Waals surface area contributed by atoms with E-state index in [0.29, 0.717) is 11.6 Å². The maximum Gasteiger partial charge on any atom is 0.252 e. The third-order valence-corrected chi connectivity index (χ3v) is 6.07. The van der Waals surface area contributed by atoms with Crippen LogP contribution in [0.2, 0.25) is 5.02 Å². The molecule has 0 amide bonds. The first-order valence-corrected chi connectivity index (χ1v) is 10.9. The summed E-state index contributed by atoms with van der Waals surface area (Å²) in [6.07, 6.45) is 2.23. The van der Waals surface area contributed by atoms with Crippen molar-refractivity contribution in [1.29, 1.82) is 0 Å². The molecular weight excluding hydrogens is 398 g/mol. The summed E-state index contributed by atoms with van der Waals surface area (Å²) >= 11 is 5.89. The maximum absolute atomic E-state index is 13.2. The Hall–Kier alpha value is -2.35. The first-order chi connectivity index (χ1) is 13.5. The third-order valence-electron chi connectivity index (χ3n) is 4.07. The average Bonchev–Trinajstić information content (AvgIpc) is 3.14. The van der Waals surface area contributed by atoms with Crippen LogP contribution in [0, 0.1) is 0 Å². The molecule has 0 aliphatic carbocycles. The Kier molecular flexibility index (Phi) is 6.72. The summed E-state index contributed by atoms with van der Waals surface area (Å²) in [5.74, 6) is 0.0929. The van der Waals surface area contributed by atoms with Gasteiger partial charge in [-0.2, -0.15) is 0 Å². The molecule has 28 heavy (non-hydrogen) atoms. The smallest absolute Gasteiger partial charge is 0.252 e. The van der Waals surface area contributed by atoms with Gasteiger partial charge in [-0.05, 0) is 55.9 Å². The fourth-order valence-electron chi connectivity index (χ4n) is 2.62. The summed E-state index contributed by atoms with van der Waals surface area (Å²) in [5.41, 5.74) is 0.748. The second-order valence-electron chi connectivity index (χ2n) is 6.09. The highest BCUT2D eigenvalue weighted by atomic mass is 35.5. The molecule has 0 fully saturated rings. The molecule has 2 aromatic carbocycles. The second-order valence-corrected chi connectivity index (χ2v) is 8.45.